The van der Waals surface area contributed by atoms with Gasteiger partial charge in [0, 0.05) is 16.0 Å². The van der Waals surface area contributed by atoms with Crippen molar-refractivity contribution in [2.75, 3.05) is 18.5 Å². The van der Waals surface area contributed by atoms with Gasteiger partial charge in [-0.05, 0) is 67.8 Å². The van der Waals surface area contributed by atoms with Gasteiger partial charge < -0.3 is 9.47 Å². The van der Waals surface area contributed by atoms with Crippen molar-refractivity contribution >= 4 is 34.0 Å². The van der Waals surface area contributed by atoms with E-state index in [1.807, 2.05) is 55.6 Å². The summed E-state index contributed by atoms with van der Waals surface area (Å²) >= 11 is 7.54. The van der Waals surface area contributed by atoms with Gasteiger partial charge in [-0.2, -0.15) is 0 Å². The molecule has 158 valence electrons. The molecule has 1 aromatic heterocycles. The molecule has 0 unspecified atom stereocenters. The summed E-state index contributed by atoms with van der Waals surface area (Å²) in [5.74, 6) is 1.20. The zero-order chi connectivity index (χ0) is 21.5. The Kier molecular flexibility index (Phi) is 7.71. The highest BCUT2D eigenvalue weighted by Crippen LogP contribution is 2.27. The van der Waals surface area contributed by atoms with E-state index in [4.69, 9.17) is 21.1 Å². The SMILES string of the molecule is CCCCOc1ccc(-c2csc(NC(=O)COc3cc(C)c(Cl)c(C)c3)n2)cc1. The largest absolute Gasteiger partial charge is 0.494 e. The molecule has 0 radical (unpaired) electrons. The molecule has 0 spiro atoms. The fraction of sp³-hybridized carbons (Fsp3) is 0.304. The number of aryl methyl sites for hydroxylation is 2. The number of rotatable bonds is 9. The van der Waals surface area contributed by atoms with Gasteiger partial charge in [0.2, 0.25) is 0 Å². The van der Waals surface area contributed by atoms with Crippen molar-refractivity contribution in [2.45, 2.75) is 33.6 Å². The molecule has 30 heavy (non-hydrogen) atoms. The summed E-state index contributed by atoms with van der Waals surface area (Å²) in [6.07, 6.45) is 2.15. The number of nitrogens with one attached hydrogen (secondary N) is 1. The molecular weight excluding hydrogens is 420 g/mol. The summed E-state index contributed by atoms with van der Waals surface area (Å²) in [6, 6.07) is 11.4. The molecule has 0 saturated heterocycles. The second-order valence-corrected chi connectivity index (χ2v) is 8.21. The summed E-state index contributed by atoms with van der Waals surface area (Å²) in [4.78, 5) is 16.7. The van der Waals surface area contributed by atoms with E-state index in [-0.39, 0.29) is 12.5 Å². The highest BCUT2D eigenvalue weighted by Gasteiger charge is 2.10. The van der Waals surface area contributed by atoms with Gasteiger partial charge in [0.1, 0.15) is 11.5 Å². The minimum atomic E-state index is -0.263. The molecule has 7 heteroatoms. The molecule has 1 N–H and O–H groups in total. The summed E-state index contributed by atoms with van der Waals surface area (Å²) in [5.41, 5.74) is 3.61. The van der Waals surface area contributed by atoms with E-state index in [0.717, 1.165) is 47.6 Å². The van der Waals surface area contributed by atoms with Gasteiger partial charge in [-0.1, -0.05) is 24.9 Å². The Morgan fingerprint density at radius 3 is 2.47 bits per heavy atom. The monoisotopic (exact) mass is 444 g/mol. The fourth-order valence-electron chi connectivity index (χ4n) is 2.81. The number of ether oxygens (including phenoxy) is 2. The van der Waals surface area contributed by atoms with Crippen LogP contribution in [0.25, 0.3) is 11.3 Å². The number of halogens is 1. The molecule has 5 nitrogen and oxygen atoms in total. The van der Waals surface area contributed by atoms with E-state index in [2.05, 4.69) is 17.2 Å². The Morgan fingerprint density at radius 1 is 1.10 bits per heavy atom. The van der Waals surface area contributed by atoms with Crippen LogP contribution in [0.3, 0.4) is 0 Å². The van der Waals surface area contributed by atoms with Crippen LogP contribution in [-0.4, -0.2) is 24.1 Å². The van der Waals surface area contributed by atoms with Crippen LogP contribution in [-0.2, 0) is 4.79 Å². The molecule has 3 rings (SSSR count). The molecule has 0 saturated carbocycles. The van der Waals surface area contributed by atoms with Crippen molar-refractivity contribution in [3.05, 3.63) is 57.9 Å². The number of unbranched alkanes of at least 4 members (excludes halogenated alkanes) is 1. The maximum Gasteiger partial charge on any atom is 0.264 e. The highest BCUT2D eigenvalue weighted by molar-refractivity contribution is 7.14. The second-order valence-electron chi connectivity index (χ2n) is 6.97. The number of anilines is 1. The molecule has 0 aliphatic rings. The van der Waals surface area contributed by atoms with Crippen LogP contribution in [0, 0.1) is 13.8 Å². The van der Waals surface area contributed by atoms with Gasteiger partial charge in [-0.15, -0.1) is 11.3 Å². The number of benzene rings is 2. The van der Waals surface area contributed by atoms with Crippen molar-refractivity contribution in [1.29, 1.82) is 0 Å². The first-order valence-electron chi connectivity index (χ1n) is 9.84. The molecule has 1 heterocycles. The Hall–Kier alpha value is -2.57. The van der Waals surface area contributed by atoms with E-state index in [1.165, 1.54) is 11.3 Å². The van der Waals surface area contributed by atoms with Gasteiger partial charge >= 0.3 is 0 Å². The number of carbonyl (C=O) groups is 1. The highest BCUT2D eigenvalue weighted by atomic mass is 35.5. The quantitative estimate of drug-likeness (QED) is 0.395. The van der Waals surface area contributed by atoms with Crippen LogP contribution in [0.5, 0.6) is 11.5 Å². The number of thiazole rings is 1. The van der Waals surface area contributed by atoms with Gasteiger partial charge in [0.25, 0.3) is 5.91 Å². The van der Waals surface area contributed by atoms with Crippen molar-refractivity contribution in [3.8, 4) is 22.8 Å². The first-order chi connectivity index (χ1) is 14.5. The van der Waals surface area contributed by atoms with Crippen molar-refractivity contribution in [3.63, 3.8) is 0 Å². The standard InChI is InChI=1S/C23H25ClN2O3S/c1-4-5-10-28-18-8-6-17(7-9-18)20-14-30-23(25-20)26-21(27)13-29-19-11-15(2)22(24)16(3)12-19/h6-9,11-12,14H,4-5,10,13H2,1-3H3,(H,25,26,27). The Balaban J connectivity index is 1.54. The molecule has 1 amide bonds. The van der Waals surface area contributed by atoms with Gasteiger partial charge in [-0.25, -0.2) is 4.98 Å². The predicted octanol–water partition coefficient (Wildman–Crippen LogP) is 6.28. The summed E-state index contributed by atoms with van der Waals surface area (Å²) < 4.78 is 11.3. The second kappa shape index (κ2) is 10.5. The normalized spacial score (nSPS) is 10.7. The van der Waals surface area contributed by atoms with E-state index < -0.39 is 0 Å². The summed E-state index contributed by atoms with van der Waals surface area (Å²) in [5, 5.41) is 5.94. The zero-order valence-electron chi connectivity index (χ0n) is 17.3. The molecule has 3 aromatic rings. The van der Waals surface area contributed by atoms with Crippen LogP contribution in [0.15, 0.2) is 41.8 Å². The molecule has 0 fully saturated rings. The van der Waals surface area contributed by atoms with Gasteiger partial charge in [-0.3, -0.25) is 10.1 Å². The van der Waals surface area contributed by atoms with Crippen molar-refractivity contribution in [2.24, 2.45) is 0 Å². The molecule has 0 aliphatic heterocycles. The lowest BCUT2D eigenvalue weighted by Crippen LogP contribution is -2.20. The average Bonchev–Trinajstić information content (AvgIpc) is 3.19. The van der Waals surface area contributed by atoms with Crippen LogP contribution < -0.4 is 14.8 Å². The third kappa shape index (κ3) is 5.97. The lowest BCUT2D eigenvalue weighted by Gasteiger charge is -2.09. The minimum Gasteiger partial charge on any atom is -0.494 e. The van der Waals surface area contributed by atoms with Crippen LogP contribution in [0.2, 0.25) is 5.02 Å². The lowest BCUT2D eigenvalue weighted by atomic mass is 10.1. The third-order valence-electron chi connectivity index (χ3n) is 4.45. The average molecular weight is 445 g/mol. The minimum absolute atomic E-state index is 0.0980. The maximum absolute atomic E-state index is 12.2. The predicted molar refractivity (Wildman–Crippen MR) is 123 cm³/mol. The first kappa shape index (κ1) is 22.1. The van der Waals surface area contributed by atoms with E-state index in [0.29, 0.717) is 15.9 Å². The number of carbonyl (C=O) groups excluding carboxylic acids is 1. The molecule has 2 aromatic carbocycles. The van der Waals surface area contributed by atoms with Crippen molar-refractivity contribution < 1.29 is 14.3 Å². The number of aromatic nitrogens is 1. The van der Waals surface area contributed by atoms with E-state index in [9.17, 15) is 4.79 Å². The fourth-order valence-corrected chi connectivity index (χ4v) is 3.66. The molecular formula is C23H25ClN2O3S. The zero-order valence-corrected chi connectivity index (χ0v) is 18.9. The maximum atomic E-state index is 12.2. The Morgan fingerprint density at radius 2 is 1.80 bits per heavy atom. The summed E-state index contributed by atoms with van der Waals surface area (Å²) in [7, 11) is 0. The Labute approximate surface area is 186 Å². The van der Waals surface area contributed by atoms with E-state index >= 15 is 0 Å². The van der Waals surface area contributed by atoms with Crippen molar-refractivity contribution in [1.82, 2.24) is 4.98 Å². The van der Waals surface area contributed by atoms with Crippen LogP contribution >= 0.6 is 22.9 Å². The van der Waals surface area contributed by atoms with Crippen LogP contribution in [0.1, 0.15) is 30.9 Å². The molecule has 0 aliphatic carbocycles. The summed E-state index contributed by atoms with van der Waals surface area (Å²) in [6.45, 7) is 6.57. The topological polar surface area (TPSA) is 60.5 Å². The number of amides is 1. The van der Waals surface area contributed by atoms with Crippen LogP contribution in [0.4, 0.5) is 5.13 Å². The molecule has 0 atom stereocenters. The Bertz CT molecular complexity index is 979. The number of nitrogens with zero attached hydrogens (tertiary/aromatic N) is 1. The third-order valence-corrected chi connectivity index (χ3v) is 5.80. The smallest absolute Gasteiger partial charge is 0.264 e. The van der Waals surface area contributed by atoms with Gasteiger partial charge in [0.05, 0.1) is 12.3 Å². The lowest BCUT2D eigenvalue weighted by molar-refractivity contribution is -0.118. The van der Waals surface area contributed by atoms with Gasteiger partial charge in [0.15, 0.2) is 11.7 Å². The molecule has 0 bridgehead atoms. The first-order valence-corrected chi connectivity index (χ1v) is 11.1. The number of hydrogen-bond acceptors (Lipinski definition) is 5. The van der Waals surface area contributed by atoms with E-state index in [1.54, 1.807) is 0 Å². The number of hydrogen-bond donors (Lipinski definition) is 1.